The number of aryl methyl sites for hydroxylation is 1. The second-order valence-corrected chi connectivity index (χ2v) is 6.63. The number of nitrogens with one attached hydrogen (secondary N) is 1. The number of fused-ring (bicyclic) bond motifs is 2. The van der Waals surface area contributed by atoms with Gasteiger partial charge in [-0.15, -0.1) is 0 Å². The second-order valence-electron chi connectivity index (χ2n) is 6.63. The van der Waals surface area contributed by atoms with Crippen LogP contribution in [0.3, 0.4) is 0 Å². The van der Waals surface area contributed by atoms with Crippen LogP contribution >= 0.6 is 0 Å². The highest BCUT2D eigenvalue weighted by molar-refractivity contribution is 5.26. The Kier molecular flexibility index (Phi) is 3.93. The molecule has 1 aromatic carbocycles. The molecular formula is C18H27N. The first-order chi connectivity index (χ1) is 9.28. The number of hydrogen-bond donors (Lipinski definition) is 1. The first kappa shape index (κ1) is 13.2. The molecule has 1 nitrogen and oxygen atoms in total. The zero-order valence-corrected chi connectivity index (χ0v) is 12.4. The van der Waals surface area contributed by atoms with Crippen LogP contribution in [0.15, 0.2) is 24.3 Å². The van der Waals surface area contributed by atoms with Crippen LogP contribution in [0.4, 0.5) is 0 Å². The van der Waals surface area contributed by atoms with E-state index in [-0.39, 0.29) is 0 Å². The van der Waals surface area contributed by atoms with E-state index >= 15 is 0 Å². The van der Waals surface area contributed by atoms with Crippen molar-refractivity contribution in [3.8, 4) is 0 Å². The van der Waals surface area contributed by atoms with Crippen LogP contribution in [0.1, 0.15) is 50.7 Å². The molecular weight excluding hydrogens is 230 g/mol. The van der Waals surface area contributed by atoms with Crippen molar-refractivity contribution >= 4 is 0 Å². The van der Waals surface area contributed by atoms with Gasteiger partial charge in [-0.1, -0.05) is 37.6 Å². The van der Waals surface area contributed by atoms with Crippen molar-refractivity contribution in [2.45, 2.75) is 58.5 Å². The molecule has 2 aliphatic carbocycles. The summed E-state index contributed by atoms with van der Waals surface area (Å²) in [5.74, 6) is 3.02. The topological polar surface area (TPSA) is 12.0 Å². The average molecular weight is 257 g/mol. The fraction of sp³-hybridized carbons (Fsp3) is 0.667. The predicted octanol–water partition coefficient (Wildman–Crippen LogP) is 4.16. The van der Waals surface area contributed by atoms with Gasteiger partial charge in [0.2, 0.25) is 0 Å². The molecule has 0 aromatic heterocycles. The zero-order chi connectivity index (χ0) is 13.2. The van der Waals surface area contributed by atoms with Gasteiger partial charge < -0.3 is 5.32 Å². The lowest BCUT2D eigenvalue weighted by Gasteiger charge is -2.29. The Hall–Kier alpha value is -0.820. The Morgan fingerprint density at radius 2 is 1.95 bits per heavy atom. The number of benzene rings is 1. The summed E-state index contributed by atoms with van der Waals surface area (Å²) in [5, 5.41) is 3.80. The molecule has 0 heterocycles. The molecule has 0 radical (unpaired) electrons. The summed E-state index contributed by atoms with van der Waals surface area (Å²) in [6.45, 7) is 5.69. The maximum absolute atomic E-state index is 3.80. The number of rotatable bonds is 5. The Morgan fingerprint density at radius 1 is 1.16 bits per heavy atom. The average Bonchev–Trinajstić information content (AvgIpc) is 3.07. The molecule has 3 rings (SSSR count). The summed E-state index contributed by atoms with van der Waals surface area (Å²) in [6.07, 6.45) is 7.14. The quantitative estimate of drug-likeness (QED) is 0.835. The maximum atomic E-state index is 3.80. The van der Waals surface area contributed by atoms with E-state index in [1.54, 1.807) is 0 Å². The van der Waals surface area contributed by atoms with E-state index in [9.17, 15) is 0 Å². The third-order valence-electron chi connectivity index (χ3n) is 5.55. The molecule has 2 saturated carbocycles. The largest absolute Gasteiger partial charge is 0.310 e. The van der Waals surface area contributed by atoms with Crippen molar-refractivity contribution < 1.29 is 0 Å². The molecule has 0 spiro atoms. The third-order valence-corrected chi connectivity index (χ3v) is 5.55. The molecule has 0 aliphatic heterocycles. The fourth-order valence-electron chi connectivity index (χ4n) is 4.40. The van der Waals surface area contributed by atoms with Crippen LogP contribution in [-0.4, -0.2) is 6.04 Å². The third kappa shape index (κ3) is 2.72. The van der Waals surface area contributed by atoms with Gasteiger partial charge >= 0.3 is 0 Å². The van der Waals surface area contributed by atoms with E-state index in [1.165, 1.54) is 36.8 Å². The lowest BCUT2D eigenvalue weighted by molar-refractivity contribution is 0.259. The molecule has 2 fully saturated rings. The fourth-order valence-corrected chi connectivity index (χ4v) is 4.40. The Balaban J connectivity index is 1.57. The minimum Gasteiger partial charge on any atom is -0.310 e. The summed E-state index contributed by atoms with van der Waals surface area (Å²) in [6, 6.07) is 9.54. The van der Waals surface area contributed by atoms with Crippen LogP contribution in [0.2, 0.25) is 0 Å². The Bertz CT molecular complexity index is 425. The van der Waals surface area contributed by atoms with Crippen LogP contribution < -0.4 is 5.32 Å². The van der Waals surface area contributed by atoms with Crippen molar-refractivity contribution in [2.24, 2.45) is 17.8 Å². The molecule has 1 aromatic rings. The highest BCUT2D eigenvalue weighted by Crippen LogP contribution is 2.49. The summed E-state index contributed by atoms with van der Waals surface area (Å²) in [7, 11) is 0. The van der Waals surface area contributed by atoms with E-state index in [1.807, 2.05) is 0 Å². The van der Waals surface area contributed by atoms with Gasteiger partial charge in [0.05, 0.1) is 0 Å². The monoisotopic (exact) mass is 257 g/mol. The van der Waals surface area contributed by atoms with Crippen molar-refractivity contribution in [2.75, 3.05) is 0 Å². The molecule has 0 saturated heterocycles. The summed E-state index contributed by atoms with van der Waals surface area (Å²) in [5.41, 5.74) is 2.98. The molecule has 19 heavy (non-hydrogen) atoms. The molecule has 1 heteroatoms. The minimum absolute atomic E-state index is 0.681. The van der Waals surface area contributed by atoms with Crippen LogP contribution in [0, 0.1) is 17.8 Å². The smallest absolute Gasteiger partial charge is 0.0210 e. The van der Waals surface area contributed by atoms with Gasteiger partial charge in [-0.3, -0.25) is 0 Å². The van der Waals surface area contributed by atoms with Gasteiger partial charge in [-0.2, -0.15) is 0 Å². The van der Waals surface area contributed by atoms with Gasteiger partial charge in [-0.25, -0.2) is 0 Å². The van der Waals surface area contributed by atoms with E-state index in [0.29, 0.717) is 6.04 Å². The molecule has 2 aliphatic rings. The lowest BCUT2D eigenvalue weighted by atomic mass is 9.84. The molecule has 104 valence electrons. The highest BCUT2D eigenvalue weighted by Gasteiger charge is 2.41. The van der Waals surface area contributed by atoms with E-state index in [0.717, 1.165) is 30.7 Å². The van der Waals surface area contributed by atoms with Gasteiger partial charge in [0, 0.05) is 12.6 Å². The first-order valence-corrected chi connectivity index (χ1v) is 8.08. The normalized spacial score (nSPS) is 30.7. The number of hydrogen-bond acceptors (Lipinski definition) is 1. The molecule has 4 unspecified atom stereocenters. The van der Waals surface area contributed by atoms with Crippen molar-refractivity contribution in [1.29, 1.82) is 0 Å². The summed E-state index contributed by atoms with van der Waals surface area (Å²) in [4.78, 5) is 0. The van der Waals surface area contributed by atoms with Crippen LogP contribution in [0.5, 0.6) is 0 Å². The van der Waals surface area contributed by atoms with E-state index in [4.69, 9.17) is 0 Å². The predicted molar refractivity (Wildman–Crippen MR) is 81.1 cm³/mol. The Morgan fingerprint density at radius 3 is 2.58 bits per heavy atom. The lowest BCUT2D eigenvalue weighted by Crippen LogP contribution is -2.36. The van der Waals surface area contributed by atoms with Crippen molar-refractivity contribution in [3.05, 3.63) is 35.4 Å². The molecule has 4 atom stereocenters. The maximum Gasteiger partial charge on any atom is 0.0210 e. The Labute approximate surface area is 117 Å². The van der Waals surface area contributed by atoms with Crippen LogP contribution in [0.25, 0.3) is 0 Å². The van der Waals surface area contributed by atoms with Gasteiger partial charge in [0.15, 0.2) is 0 Å². The zero-order valence-electron chi connectivity index (χ0n) is 12.4. The molecule has 1 N–H and O–H groups in total. The van der Waals surface area contributed by atoms with Crippen molar-refractivity contribution in [1.82, 2.24) is 5.32 Å². The van der Waals surface area contributed by atoms with Gasteiger partial charge in [0.1, 0.15) is 0 Å². The second kappa shape index (κ2) is 5.66. The summed E-state index contributed by atoms with van der Waals surface area (Å²) < 4.78 is 0. The van der Waals surface area contributed by atoms with Crippen LogP contribution in [-0.2, 0) is 13.0 Å². The first-order valence-electron chi connectivity index (χ1n) is 8.08. The van der Waals surface area contributed by atoms with Crippen molar-refractivity contribution in [3.63, 3.8) is 0 Å². The summed E-state index contributed by atoms with van der Waals surface area (Å²) >= 11 is 0. The van der Waals surface area contributed by atoms with Gasteiger partial charge in [-0.05, 0) is 61.5 Å². The van der Waals surface area contributed by atoms with E-state index < -0.39 is 0 Å². The van der Waals surface area contributed by atoms with Gasteiger partial charge in [0.25, 0.3) is 0 Å². The SMILES string of the molecule is CCc1ccccc1CNC(C)C1CC2CCC1C2. The molecule has 0 amide bonds. The highest BCUT2D eigenvalue weighted by atomic mass is 14.9. The van der Waals surface area contributed by atoms with E-state index in [2.05, 4.69) is 43.4 Å². The minimum atomic E-state index is 0.681. The standard InChI is InChI=1S/C18H27N/c1-3-15-6-4-5-7-17(15)12-19-13(2)18-11-14-8-9-16(18)10-14/h4-7,13-14,16,18-19H,3,8-12H2,1-2H3. The molecule has 2 bridgehead atoms.